The minimum absolute atomic E-state index is 0.561. The van der Waals surface area contributed by atoms with Gasteiger partial charge < -0.3 is 5.73 Å². The second-order valence-corrected chi connectivity index (χ2v) is 3.74. The molecule has 0 fully saturated rings. The first-order valence-corrected chi connectivity index (χ1v) is 4.88. The molecule has 0 saturated heterocycles. The summed E-state index contributed by atoms with van der Waals surface area (Å²) < 4.78 is 0. The summed E-state index contributed by atoms with van der Waals surface area (Å²) in [5.41, 5.74) is 8.10. The van der Waals surface area contributed by atoms with Gasteiger partial charge in [0.1, 0.15) is 0 Å². The van der Waals surface area contributed by atoms with Crippen LogP contribution in [0.5, 0.6) is 0 Å². The van der Waals surface area contributed by atoms with Gasteiger partial charge in [-0.15, -0.1) is 0 Å². The first kappa shape index (κ1) is 9.93. The average molecular weight is 220 g/mol. The molecule has 0 aliphatic carbocycles. The fraction of sp³-hybridized carbons (Fsp3) is 0.0909. The minimum Gasteiger partial charge on any atom is -0.396 e. The average Bonchev–Trinajstić information content (AvgIpc) is 2.20. The van der Waals surface area contributed by atoms with Crippen molar-refractivity contribution < 1.29 is 0 Å². The van der Waals surface area contributed by atoms with Gasteiger partial charge in [0.25, 0.3) is 0 Å². The molecule has 76 valence electrons. The zero-order valence-electron chi connectivity index (χ0n) is 8.24. The molecule has 0 spiro atoms. The molecule has 0 aliphatic rings. The van der Waals surface area contributed by atoms with Gasteiger partial charge in [0.2, 0.25) is 0 Å². The molecular weight excluding hydrogens is 210 g/mol. The van der Waals surface area contributed by atoms with E-state index in [4.69, 9.17) is 17.3 Å². The number of halogens is 1. The van der Waals surface area contributed by atoms with Gasteiger partial charge in [-0.2, -0.15) is 0 Å². The van der Waals surface area contributed by atoms with Gasteiger partial charge in [-0.1, -0.05) is 11.6 Å². The summed E-state index contributed by atoms with van der Waals surface area (Å²) in [5.74, 6) is 0.665. The van der Waals surface area contributed by atoms with Crippen molar-refractivity contribution in [3.63, 3.8) is 0 Å². The highest BCUT2D eigenvalue weighted by Crippen LogP contribution is 2.22. The van der Waals surface area contributed by atoms with Gasteiger partial charge in [0.15, 0.2) is 5.82 Å². The van der Waals surface area contributed by atoms with Crippen molar-refractivity contribution >= 4 is 17.3 Å². The van der Waals surface area contributed by atoms with Crippen molar-refractivity contribution in [2.75, 3.05) is 5.73 Å². The van der Waals surface area contributed by atoms with Crippen LogP contribution in [0, 0.1) is 6.92 Å². The lowest BCUT2D eigenvalue weighted by atomic mass is 10.1. The maximum absolute atomic E-state index is 5.87. The molecular formula is C11H10ClN3. The fourth-order valence-electron chi connectivity index (χ4n) is 1.36. The van der Waals surface area contributed by atoms with Crippen molar-refractivity contribution in [1.29, 1.82) is 0 Å². The number of aryl methyl sites for hydroxylation is 1. The summed E-state index contributed by atoms with van der Waals surface area (Å²) in [7, 11) is 0. The quantitative estimate of drug-likeness (QED) is 0.802. The summed E-state index contributed by atoms with van der Waals surface area (Å²) in [6.45, 7) is 1.97. The van der Waals surface area contributed by atoms with E-state index >= 15 is 0 Å². The Labute approximate surface area is 92.9 Å². The van der Waals surface area contributed by atoms with Gasteiger partial charge in [0.05, 0.1) is 18.1 Å². The lowest BCUT2D eigenvalue weighted by Crippen LogP contribution is -1.93. The molecule has 3 nitrogen and oxygen atoms in total. The van der Waals surface area contributed by atoms with Crippen LogP contribution in [0.25, 0.3) is 11.4 Å². The Balaban J connectivity index is 2.49. The normalized spacial score (nSPS) is 10.3. The molecule has 0 saturated carbocycles. The van der Waals surface area contributed by atoms with Crippen LogP contribution in [0.4, 0.5) is 5.69 Å². The van der Waals surface area contributed by atoms with Gasteiger partial charge >= 0.3 is 0 Å². The maximum Gasteiger partial charge on any atom is 0.159 e. The number of nitrogen functional groups attached to an aromatic ring is 1. The van der Waals surface area contributed by atoms with E-state index in [9.17, 15) is 0 Å². The smallest absolute Gasteiger partial charge is 0.159 e. The Hall–Kier alpha value is -1.61. The zero-order chi connectivity index (χ0) is 10.8. The van der Waals surface area contributed by atoms with Crippen molar-refractivity contribution in [2.24, 2.45) is 0 Å². The molecule has 1 heterocycles. The largest absolute Gasteiger partial charge is 0.396 e. The van der Waals surface area contributed by atoms with Gasteiger partial charge in [0, 0.05) is 10.6 Å². The van der Waals surface area contributed by atoms with E-state index in [2.05, 4.69) is 9.97 Å². The van der Waals surface area contributed by atoms with Crippen molar-refractivity contribution in [3.8, 4) is 11.4 Å². The van der Waals surface area contributed by atoms with Crippen LogP contribution in [-0.4, -0.2) is 9.97 Å². The molecule has 2 N–H and O–H groups in total. The third-order valence-corrected chi connectivity index (χ3v) is 2.34. The molecule has 0 radical (unpaired) electrons. The molecule has 2 aromatic rings. The Morgan fingerprint density at radius 1 is 1.20 bits per heavy atom. The molecule has 0 atom stereocenters. The number of hydrogen-bond donors (Lipinski definition) is 1. The number of hydrogen-bond acceptors (Lipinski definition) is 3. The summed E-state index contributed by atoms with van der Waals surface area (Å²) in [5, 5.41) is 0.715. The van der Waals surface area contributed by atoms with E-state index in [1.807, 2.05) is 25.1 Å². The van der Waals surface area contributed by atoms with Crippen LogP contribution in [0.15, 0.2) is 30.6 Å². The van der Waals surface area contributed by atoms with Crippen LogP contribution < -0.4 is 5.73 Å². The Kier molecular flexibility index (Phi) is 2.56. The van der Waals surface area contributed by atoms with E-state index in [0.717, 1.165) is 11.1 Å². The molecule has 0 amide bonds. The Morgan fingerprint density at radius 3 is 2.47 bits per heavy atom. The molecule has 2 rings (SSSR count). The summed E-state index contributed by atoms with van der Waals surface area (Å²) in [6, 6.07) is 5.61. The van der Waals surface area contributed by atoms with E-state index in [1.54, 1.807) is 12.4 Å². The standard InChI is InChI=1S/C11H10ClN3/c1-7-4-8(12)2-3-10(7)11-14-5-9(13)6-15-11/h2-6H,13H2,1H3. The van der Waals surface area contributed by atoms with E-state index in [1.165, 1.54) is 0 Å². The van der Waals surface area contributed by atoms with Crippen LogP contribution in [-0.2, 0) is 0 Å². The third-order valence-electron chi connectivity index (χ3n) is 2.10. The molecule has 0 bridgehead atoms. The van der Waals surface area contributed by atoms with Crippen LogP contribution >= 0.6 is 11.6 Å². The summed E-state index contributed by atoms with van der Waals surface area (Å²) in [6.07, 6.45) is 3.19. The number of rotatable bonds is 1. The predicted octanol–water partition coefficient (Wildman–Crippen LogP) is 2.69. The summed E-state index contributed by atoms with van der Waals surface area (Å²) >= 11 is 5.87. The first-order valence-electron chi connectivity index (χ1n) is 4.51. The van der Waals surface area contributed by atoms with Gasteiger partial charge in [-0.25, -0.2) is 9.97 Å². The number of aromatic nitrogens is 2. The lowest BCUT2D eigenvalue weighted by Gasteiger charge is -2.04. The third kappa shape index (κ3) is 2.07. The van der Waals surface area contributed by atoms with Gasteiger partial charge in [-0.05, 0) is 30.7 Å². The van der Waals surface area contributed by atoms with E-state index in [0.29, 0.717) is 16.5 Å². The highest BCUT2D eigenvalue weighted by molar-refractivity contribution is 6.30. The van der Waals surface area contributed by atoms with Crippen molar-refractivity contribution in [1.82, 2.24) is 9.97 Å². The molecule has 15 heavy (non-hydrogen) atoms. The molecule has 4 heteroatoms. The molecule has 0 aliphatic heterocycles. The highest BCUT2D eigenvalue weighted by atomic mass is 35.5. The lowest BCUT2D eigenvalue weighted by molar-refractivity contribution is 1.17. The van der Waals surface area contributed by atoms with Crippen LogP contribution in [0.2, 0.25) is 5.02 Å². The van der Waals surface area contributed by atoms with Crippen molar-refractivity contribution in [2.45, 2.75) is 6.92 Å². The topological polar surface area (TPSA) is 51.8 Å². The Bertz CT molecular complexity index is 480. The fourth-order valence-corrected chi connectivity index (χ4v) is 1.58. The molecule has 1 aromatic heterocycles. The predicted molar refractivity (Wildman–Crippen MR) is 61.6 cm³/mol. The number of nitrogens with two attached hydrogens (primary N) is 1. The first-order chi connectivity index (χ1) is 7.16. The zero-order valence-corrected chi connectivity index (χ0v) is 8.99. The number of benzene rings is 1. The van der Waals surface area contributed by atoms with E-state index < -0.39 is 0 Å². The molecule has 0 unspecified atom stereocenters. The van der Waals surface area contributed by atoms with Crippen molar-refractivity contribution in [3.05, 3.63) is 41.2 Å². The number of nitrogens with zero attached hydrogens (tertiary/aromatic N) is 2. The van der Waals surface area contributed by atoms with Gasteiger partial charge in [-0.3, -0.25) is 0 Å². The monoisotopic (exact) mass is 219 g/mol. The Morgan fingerprint density at radius 2 is 1.87 bits per heavy atom. The minimum atomic E-state index is 0.561. The second kappa shape index (κ2) is 3.87. The second-order valence-electron chi connectivity index (χ2n) is 3.30. The van der Waals surface area contributed by atoms with Crippen LogP contribution in [0.3, 0.4) is 0 Å². The highest BCUT2D eigenvalue weighted by Gasteiger charge is 2.04. The van der Waals surface area contributed by atoms with E-state index in [-0.39, 0.29) is 0 Å². The SMILES string of the molecule is Cc1cc(Cl)ccc1-c1ncc(N)cn1. The number of anilines is 1. The maximum atomic E-state index is 5.87. The summed E-state index contributed by atoms with van der Waals surface area (Å²) in [4.78, 5) is 8.32. The molecule has 1 aromatic carbocycles. The van der Waals surface area contributed by atoms with Crippen LogP contribution in [0.1, 0.15) is 5.56 Å².